The van der Waals surface area contributed by atoms with Gasteiger partial charge in [-0.05, 0) is 0 Å². The third-order valence-corrected chi connectivity index (χ3v) is 4.12. The Hall–Kier alpha value is -1.19. The molecule has 0 amide bonds. The minimum Gasteiger partial charge on any atom is -0.392 e. The molecule has 0 heterocycles. The summed E-state index contributed by atoms with van der Waals surface area (Å²) < 4.78 is 76.4. The molecule has 0 aliphatic rings. The van der Waals surface area contributed by atoms with Gasteiger partial charge in [0.25, 0.3) is 0 Å². The van der Waals surface area contributed by atoms with E-state index in [9.17, 15) is 26.0 Å². The van der Waals surface area contributed by atoms with Crippen molar-refractivity contribution in [2.45, 2.75) is 11.5 Å². The molecule has 0 spiro atoms. The summed E-state index contributed by atoms with van der Waals surface area (Å²) >= 11 is 0. The highest BCUT2D eigenvalue weighted by atomic mass is 32.2. The predicted molar refractivity (Wildman–Crippen MR) is 53.1 cm³/mol. The number of hydrogen-bond donors (Lipinski definition) is 1. The molecule has 0 fully saturated rings. The fourth-order valence-corrected chi connectivity index (χ4v) is 2.40. The first-order chi connectivity index (χ1) is 8.16. The molecule has 9 heteroatoms. The van der Waals surface area contributed by atoms with Crippen LogP contribution in [0.4, 0.5) is 17.6 Å². The number of sulfonamides is 1. The quantitative estimate of drug-likeness (QED) is 0.512. The summed E-state index contributed by atoms with van der Waals surface area (Å²) in [5.74, 6) is -8.41. The molecule has 1 N–H and O–H groups in total. The Bertz CT molecular complexity index is 586. The van der Waals surface area contributed by atoms with Crippen LogP contribution in [0.5, 0.6) is 0 Å². The number of halogens is 4. The van der Waals surface area contributed by atoms with Gasteiger partial charge in [-0.15, -0.1) is 0 Å². The van der Waals surface area contributed by atoms with Gasteiger partial charge in [0.2, 0.25) is 10.0 Å². The molecule has 0 unspecified atom stereocenters. The Kier molecular flexibility index (Phi) is 3.99. The smallest absolute Gasteiger partial charge is 0.246 e. The van der Waals surface area contributed by atoms with Gasteiger partial charge in [0.15, 0.2) is 23.3 Å². The topological polar surface area (TPSA) is 57.6 Å². The van der Waals surface area contributed by atoms with Gasteiger partial charge < -0.3 is 5.11 Å². The number of rotatable bonds is 3. The average molecular weight is 287 g/mol. The van der Waals surface area contributed by atoms with Crippen molar-refractivity contribution < 1.29 is 31.1 Å². The van der Waals surface area contributed by atoms with E-state index < -0.39 is 50.4 Å². The molecule has 0 saturated carbocycles. The van der Waals surface area contributed by atoms with Gasteiger partial charge in [-0.25, -0.2) is 30.3 Å². The van der Waals surface area contributed by atoms with Crippen molar-refractivity contribution in [3.63, 3.8) is 0 Å². The van der Waals surface area contributed by atoms with Crippen molar-refractivity contribution in [1.29, 1.82) is 0 Å². The molecule has 0 aliphatic carbocycles. The van der Waals surface area contributed by atoms with E-state index in [2.05, 4.69) is 0 Å². The molecular weight excluding hydrogens is 278 g/mol. The van der Waals surface area contributed by atoms with Gasteiger partial charge in [0.1, 0.15) is 4.90 Å². The van der Waals surface area contributed by atoms with E-state index in [-0.39, 0.29) is 0 Å². The largest absolute Gasteiger partial charge is 0.392 e. The summed E-state index contributed by atoms with van der Waals surface area (Å²) in [5.41, 5.74) is -1.15. The molecule has 4 nitrogen and oxygen atoms in total. The van der Waals surface area contributed by atoms with Crippen LogP contribution in [0.1, 0.15) is 5.56 Å². The third-order valence-electron chi connectivity index (χ3n) is 2.21. The predicted octanol–water partition coefficient (Wildman–Crippen LogP) is 0.986. The number of nitrogens with zero attached hydrogens (tertiary/aromatic N) is 1. The van der Waals surface area contributed by atoms with Gasteiger partial charge in [-0.3, -0.25) is 0 Å². The van der Waals surface area contributed by atoms with Crippen LogP contribution in [0, 0.1) is 23.3 Å². The second-order valence-electron chi connectivity index (χ2n) is 3.51. The summed E-state index contributed by atoms with van der Waals surface area (Å²) in [6.07, 6.45) is 0. The minimum atomic E-state index is -4.56. The van der Waals surface area contributed by atoms with Crippen LogP contribution in [0.2, 0.25) is 0 Å². The van der Waals surface area contributed by atoms with E-state index >= 15 is 0 Å². The third kappa shape index (κ3) is 2.08. The highest BCUT2D eigenvalue weighted by Gasteiger charge is 2.33. The summed E-state index contributed by atoms with van der Waals surface area (Å²) in [6.45, 7) is -1.29. The maximum atomic E-state index is 13.4. The average Bonchev–Trinajstić information content (AvgIpc) is 2.30. The Morgan fingerprint density at radius 1 is 1.00 bits per heavy atom. The lowest BCUT2D eigenvalue weighted by atomic mass is 10.2. The standard InChI is InChI=1S/C9H9F4NO3S/c1-14(2)18(16,17)9-4(3-15)5(10)6(11)7(12)8(9)13/h15H,3H2,1-2H3. The molecule has 102 valence electrons. The molecule has 0 bridgehead atoms. The first kappa shape index (κ1) is 14.9. The van der Waals surface area contributed by atoms with Crippen LogP contribution in [0.15, 0.2) is 4.90 Å². The minimum absolute atomic E-state index is 0.487. The van der Waals surface area contributed by atoms with Crippen LogP contribution < -0.4 is 0 Å². The van der Waals surface area contributed by atoms with Crippen molar-refractivity contribution in [3.05, 3.63) is 28.8 Å². The van der Waals surface area contributed by atoms with Gasteiger partial charge in [-0.2, -0.15) is 0 Å². The van der Waals surface area contributed by atoms with E-state index in [4.69, 9.17) is 5.11 Å². The van der Waals surface area contributed by atoms with Crippen molar-refractivity contribution in [2.24, 2.45) is 0 Å². The molecular formula is C9H9F4NO3S. The molecule has 1 aromatic rings. The van der Waals surface area contributed by atoms with Crippen molar-refractivity contribution >= 4 is 10.0 Å². The summed E-state index contributed by atoms with van der Waals surface area (Å²) in [4.78, 5) is -1.41. The zero-order valence-electron chi connectivity index (χ0n) is 9.34. The first-order valence-electron chi connectivity index (χ1n) is 4.54. The van der Waals surface area contributed by atoms with Gasteiger partial charge >= 0.3 is 0 Å². The van der Waals surface area contributed by atoms with E-state index in [0.29, 0.717) is 4.31 Å². The Morgan fingerprint density at radius 2 is 1.44 bits per heavy atom. The molecule has 0 aliphatic heterocycles. The van der Waals surface area contributed by atoms with Gasteiger partial charge in [-0.1, -0.05) is 0 Å². The SMILES string of the molecule is CN(C)S(=O)(=O)c1c(F)c(F)c(F)c(F)c1CO. The lowest BCUT2D eigenvalue weighted by molar-refractivity contribution is 0.263. The Labute approximate surface area is 101 Å². The molecule has 0 atom stereocenters. The lowest BCUT2D eigenvalue weighted by Crippen LogP contribution is -2.26. The van der Waals surface area contributed by atoms with E-state index in [1.54, 1.807) is 0 Å². The monoisotopic (exact) mass is 287 g/mol. The second-order valence-corrected chi connectivity index (χ2v) is 5.60. The van der Waals surface area contributed by atoms with Gasteiger partial charge in [0, 0.05) is 19.7 Å². The second kappa shape index (κ2) is 4.82. The summed E-state index contributed by atoms with van der Waals surface area (Å²) in [7, 11) is -2.57. The number of aliphatic hydroxyl groups is 1. The van der Waals surface area contributed by atoms with Crippen LogP contribution in [0.25, 0.3) is 0 Å². The maximum Gasteiger partial charge on any atom is 0.246 e. The highest BCUT2D eigenvalue weighted by molar-refractivity contribution is 7.89. The number of hydrogen-bond acceptors (Lipinski definition) is 3. The van der Waals surface area contributed by atoms with Crippen LogP contribution in [0.3, 0.4) is 0 Å². The van der Waals surface area contributed by atoms with Crippen molar-refractivity contribution in [1.82, 2.24) is 4.31 Å². The number of benzene rings is 1. The molecule has 18 heavy (non-hydrogen) atoms. The fraction of sp³-hybridized carbons (Fsp3) is 0.333. The highest BCUT2D eigenvalue weighted by Crippen LogP contribution is 2.29. The molecule has 0 aromatic heterocycles. The molecule has 1 rings (SSSR count). The summed E-state index contributed by atoms with van der Waals surface area (Å²) in [5, 5.41) is 8.81. The normalized spacial score (nSPS) is 12.2. The Balaban J connectivity index is 3.85. The van der Waals surface area contributed by atoms with Crippen molar-refractivity contribution in [2.75, 3.05) is 14.1 Å². The molecule has 0 saturated heterocycles. The van der Waals surface area contributed by atoms with E-state index in [0.717, 1.165) is 14.1 Å². The van der Waals surface area contributed by atoms with Crippen LogP contribution in [-0.2, 0) is 16.6 Å². The number of aliphatic hydroxyl groups excluding tert-OH is 1. The Morgan fingerprint density at radius 3 is 1.83 bits per heavy atom. The van der Waals surface area contributed by atoms with Gasteiger partial charge in [0.05, 0.1) is 6.61 Å². The zero-order valence-corrected chi connectivity index (χ0v) is 10.2. The molecule has 1 aromatic carbocycles. The fourth-order valence-electron chi connectivity index (χ4n) is 1.25. The lowest BCUT2D eigenvalue weighted by Gasteiger charge is -2.16. The molecule has 0 radical (unpaired) electrons. The van der Waals surface area contributed by atoms with Crippen LogP contribution in [-0.4, -0.2) is 31.9 Å². The summed E-state index contributed by atoms with van der Waals surface area (Å²) in [6, 6.07) is 0. The zero-order chi connectivity index (χ0) is 14.2. The maximum absolute atomic E-state index is 13.4. The van der Waals surface area contributed by atoms with Crippen molar-refractivity contribution in [3.8, 4) is 0 Å². The van der Waals surface area contributed by atoms with Crippen LogP contribution >= 0.6 is 0 Å². The van der Waals surface area contributed by atoms with E-state index in [1.165, 1.54) is 0 Å². The van der Waals surface area contributed by atoms with E-state index in [1.807, 2.05) is 0 Å². The first-order valence-corrected chi connectivity index (χ1v) is 5.98.